The van der Waals surface area contributed by atoms with Crippen molar-refractivity contribution >= 4 is 27.3 Å². The number of nitrogens with one attached hydrogen (secondary N) is 2. The molecular weight excluding hydrogens is 400 g/mol. The molecule has 0 bridgehead atoms. The van der Waals surface area contributed by atoms with Crippen molar-refractivity contribution in [2.75, 3.05) is 17.1 Å². The number of anilines is 2. The average Bonchev–Trinajstić information content (AvgIpc) is 2.71. The van der Waals surface area contributed by atoms with Crippen LogP contribution in [-0.4, -0.2) is 21.4 Å². The molecule has 0 spiro atoms. The van der Waals surface area contributed by atoms with Crippen LogP contribution in [0.1, 0.15) is 16.7 Å². The van der Waals surface area contributed by atoms with Crippen molar-refractivity contribution in [3.8, 4) is 5.75 Å². The Hall–Kier alpha value is -3.32. The van der Waals surface area contributed by atoms with Crippen LogP contribution in [0.3, 0.4) is 0 Å². The van der Waals surface area contributed by atoms with E-state index in [0.717, 1.165) is 11.1 Å². The summed E-state index contributed by atoms with van der Waals surface area (Å²) in [4.78, 5) is 12.4. The summed E-state index contributed by atoms with van der Waals surface area (Å²) >= 11 is 0. The summed E-state index contributed by atoms with van der Waals surface area (Å²) in [5.41, 5.74) is 4.18. The Kier molecular flexibility index (Phi) is 6.42. The van der Waals surface area contributed by atoms with Gasteiger partial charge in [0.2, 0.25) is 5.91 Å². The van der Waals surface area contributed by atoms with E-state index in [1.165, 1.54) is 24.8 Å². The molecule has 3 aromatic carbocycles. The topological polar surface area (TPSA) is 84.5 Å². The van der Waals surface area contributed by atoms with Gasteiger partial charge >= 0.3 is 0 Å². The number of rotatable bonds is 7. The molecule has 156 valence electrons. The van der Waals surface area contributed by atoms with Crippen LogP contribution >= 0.6 is 0 Å². The SMILES string of the molecule is COc1cccc(NS(=O)(=O)c2ccc(NC(=O)Cc3ccc(C)c(C)c3)cc2)c1. The molecular formula is C23H24N2O4S. The van der Waals surface area contributed by atoms with Crippen LogP contribution in [0.4, 0.5) is 11.4 Å². The highest BCUT2D eigenvalue weighted by molar-refractivity contribution is 7.92. The lowest BCUT2D eigenvalue weighted by molar-refractivity contribution is -0.115. The van der Waals surface area contributed by atoms with Crippen LogP contribution in [0.5, 0.6) is 5.75 Å². The maximum atomic E-state index is 12.6. The normalized spacial score (nSPS) is 11.0. The van der Waals surface area contributed by atoms with Crippen molar-refractivity contribution < 1.29 is 17.9 Å². The fraction of sp³-hybridized carbons (Fsp3) is 0.174. The molecule has 0 fully saturated rings. The lowest BCUT2D eigenvalue weighted by Gasteiger charge is -2.11. The molecule has 0 radical (unpaired) electrons. The maximum absolute atomic E-state index is 12.6. The molecule has 0 aliphatic carbocycles. The Labute approximate surface area is 177 Å². The minimum Gasteiger partial charge on any atom is -0.497 e. The number of carbonyl (C=O) groups excluding carboxylic acids is 1. The number of hydrogen-bond donors (Lipinski definition) is 2. The Morgan fingerprint density at radius 1 is 0.900 bits per heavy atom. The number of amides is 1. The molecule has 0 aliphatic rings. The van der Waals surface area contributed by atoms with E-state index >= 15 is 0 Å². The molecule has 0 saturated heterocycles. The Bertz CT molecular complexity index is 1160. The van der Waals surface area contributed by atoms with E-state index in [4.69, 9.17) is 4.74 Å². The number of ether oxygens (including phenoxy) is 1. The third-order valence-electron chi connectivity index (χ3n) is 4.71. The fourth-order valence-electron chi connectivity index (χ4n) is 2.92. The molecule has 0 atom stereocenters. The Balaban J connectivity index is 1.66. The summed E-state index contributed by atoms with van der Waals surface area (Å²) in [6.07, 6.45) is 0.249. The van der Waals surface area contributed by atoms with Crippen molar-refractivity contribution in [3.63, 3.8) is 0 Å². The van der Waals surface area contributed by atoms with Crippen LogP contribution in [0.2, 0.25) is 0 Å². The Morgan fingerprint density at radius 3 is 2.30 bits per heavy atom. The standard InChI is InChI=1S/C23H24N2O4S/c1-16-7-8-18(13-17(16)2)14-23(26)24-19-9-11-22(12-10-19)30(27,28)25-20-5-4-6-21(15-20)29-3/h4-13,15,25H,14H2,1-3H3,(H,24,26). The van der Waals surface area contributed by atoms with Crippen molar-refractivity contribution in [2.45, 2.75) is 25.2 Å². The van der Waals surface area contributed by atoms with E-state index in [0.29, 0.717) is 17.1 Å². The lowest BCUT2D eigenvalue weighted by Crippen LogP contribution is -2.15. The van der Waals surface area contributed by atoms with Gasteiger partial charge in [0.25, 0.3) is 10.0 Å². The molecule has 0 aromatic heterocycles. The molecule has 0 saturated carbocycles. The minimum absolute atomic E-state index is 0.0949. The molecule has 2 N–H and O–H groups in total. The smallest absolute Gasteiger partial charge is 0.261 e. The predicted molar refractivity (Wildman–Crippen MR) is 118 cm³/mol. The number of aryl methyl sites for hydroxylation is 2. The molecule has 0 unspecified atom stereocenters. The van der Waals surface area contributed by atoms with Gasteiger partial charge in [-0.3, -0.25) is 9.52 Å². The second kappa shape index (κ2) is 9.00. The molecule has 7 heteroatoms. The van der Waals surface area contributed by atoms with Gasteiger partial charge in [0.1, 0.15) is 5.75 Å². The van der Waals surface area contributed by atoms with Gasteiger partial charge in [-0.1, -0.05) is 24.3 Å². The number of benzene rings is 3. The molecule has 6 nitrogen and oxygen atoms in total. The van der Waals surface area contributed by atoms with Gasteiger partial charge in [0.15, 0.2) is 0 Å². The van der Waals surface area contributed by atoms with E-state index in [9.17, 15) is 13.2 Å². The van der Waals surface area contributed by atoms with Crippen LogP contribution in [0.15, 0.2) is 71.6 Å². The summed E-state index contributed by atoms with van der Waals surface area (Å²) < 4.78 is 32.8. The molecule has 3 rings (SSSR count). The minimum atomic E-state index is -3.76. The number of methoxy groups -OCH3 is 1. The van der Waals surface area contributed by atoms with Crippen molar-refractivity contribution in [3.05, 3.63) is 83.4 Å². The van der Waals surface area contributed by atoms with Gasteiger partial charge in [0, 0.05) is 11.8 Å². The summed E-state index contributed by atoms with van der Waals surface area (Å²) in [5, 5.41) is 2.80. The monoisotopic (exact) mass is 424 g/mol. The zero-order valence-corrected chi connectivity index (χ0v) is 17.9. The molecule has 3 aromatic rings. The largest absolute Gasteiger partial charge is 0.497 e. The first kappa shape index (κ1) is 21.4. The zero-order valence-electron chi connectivity index (χ0n) is 17.1. The lowest BCUT2D eigenvalue weighted by atomic mass is 10.0. The van der Waals surface area contributed by atoms with Gasteiger partial charge < -0.3 is 10.1 Å². The molecule has 30 heavy (non-hydrogen) atoms. The number of sulfonamides is 1. The first-order valence-electron chi connectivity index (χ1n) is 9.40. The van der Waals surface area contributed by atoms with E-state index in [2.05, 4.69) is 10.0 Å². The van der Waals surface area contributed by atoms with Crippen LogP contribution in [0, 0.1) is 13.8 Å². The van der Waals surface area contributed by atoms with Gasteiger partial charge in [-0.15, -0.1) is 0 Å². The Morgan fingerprint density at radius 2 is 1.63 bits per heavy atom. The van der Waals surface area contributed by atoms with Crippen molar-refractivity contribution in [1.29, 1.82) is 0 Å². The zero-order chi connectivity index (χ0) is 21.7. The number of hydrogen-bond acceptors (Lipinski definition) is 4. The third-order valence-corrected chi connectivity index (χ3v) is 6.10. The van der Waals surface area contributed by atoms with E-state index in [-0.39, 0.29) is 17.2 Å². The number of carbonyl (C=O) groups is 1. The van der Waals surface area contributed by atoms with E-state index in [1.54, 1.807) is 36.4 Å². The molecule has 0 aliphatic heterocycles. The van der Waals surface area contributed by atoms with Gasteiger partial charge in [-0.05, 0) is 66.9 Å². The van der Waals surface area contributed by atoms with Gasteiger partial charge in [0.05, 0.1) is 24.1 Å². The van der Waals surface area contributed by atoms with Crippen molar-refractivity contribution in [2.24, 2.45) is 0 Å². The first-order chi connectivity index (χ1) is 14.3. The quantitative estimate of drug-likeness (QED) is 0.592. The third kappa shape index (κ3) is 5.39. The highest BCUT2D eigenvalue weighted by Gasteiger charge is 2.15. The van der Waals surface area contributed by atoms with Crippen molar-refractivity contribution in [1.82, 2.24) is 0 Å². The van der Waals surface area contributed by atoms with Gasteiger partial charge in [-0.25, -0.2) is 8.42 Å². The van der Waals surface area contributed by atoms with E-state index in [1.807, 2.05) is 32.0 Å². The van der Waals surface area contributed by atoms with Gasteiger partial charge in [-0.2, -0.15) is 0 Å². The summed E-state index contributed by atoms with van der Waals surface area (Å²) in [7, 11) is -2.24. The highest BCUT2D eigenvalue weighted by atomic mass is 32.2. The summed E-state index contributed by atoms with van der Waals surface area (Å²) in [6.45, 7) is 4.04. The summed E-state index contributed by atoms with van der Waals surface area (Å²) in [6, 6.07) is 18.6. The first-order valence-corrected chi connectivity index (χ1v) is 10.9. The second-order valence-corrected chi connectivity index (χ2v) is 8.69. The van der Waals surface area contributed by atoms with Crippen LogP contribution in [-0.2, 0) is 21.2 Å². The molecule has 0 heterocycles. The molecule has 1 amide bonds. The second-order valence-electron chi connectivity index (χ2n) is 7.01. The predicted octanol–water partition coefficient (Wildman–Crippen LogP) is 4.29. The fourth-order valence-corrected chi connectivity index (χ4v) is 3.97. The summed E-state index contributed by atoms with van der Waals surface area (Å²) in [5.74, 6) is 0.389. The van der Waals surface area contributed by atoms with E-state index < -0.39 is 10.0 Å². The average molecular weight is 425 g/mol. The maximum Gasteiger partial charge on any atom is 0.261 e. The highest BCUT2D eigenvalue weighted by Crippen LogP contribution is 2.22. The van der Waals surface area contributed by atoms with Crippen LogP contribution in [0.25, 0.3) is 0 Å². The van der Waals surface area contributed by atoms with Crippen LogP contribution < -0.4 is 14.8 Å².